The van der Waals surface area contributed by atoms with Gasteiger partial charge in [-0.2, -0.15) is 17.4 Å². The van der Waals surface area contributed by atoms with E-state index < -0.39 is 28.3 Å². The van der Waals surface area contributed by atoms with Crippen molar-refractivity contribution >= 4 is 22.2 Å². The zero-order valence-corrected chi connectivity index (χ0v) is 13.9. The first kappa shape index (κ1) is 16.9. The SMILES string of the molecule is O=C1COC(=O)N1CC(NS(=O)(=O)N1CCCC1)c1ccccc1. The summed E-state index contributed by atoms with van der Waals surface area (Å²) in [5.74, 6) is -0.471. The third kappa shape index (κ3) is 3.58. The normalized spacial score (nSPS) is 20.4. The van der Waals surface area contributed by atoms with E-state index in [-0.39, 0.29) is 13.2 Å². The number of hydrogen-bond donors (Lipinski definition) is 1. The molecule has 1 aromatic rings. The highest BCUT2D eigenvalue weighted by molar-refractivity contribution is 7.87. The van der Waals surface area contributed by atoms with Gasteiger partial charge in [-0.05, 0) is 18.4 Å². The molecule has 1 aromatic carbocycles. The fourth-order valence-corrected chi connectivity index (χ4v) is 4.28. The van der Waals surface area contributed by atoms with Crippen molar-refractivity contribution in [3.63, 3.8) is 0 Å². The van der Waals surface area contributed by atoms with E-state index in [0.717, 1.165) is 17.7 Å². The van der Waals surface area contributed by atoms with Crippen molar-refractivity contribution < 1.29 is 22.7 Å². The lowest BCUT2D eigenvalue weighted by atomic mass is 10.1. The quantitative estimate of drug-likeness (QED) is 0.809. The van der Waals surface area contributed by atoms with Gasteiger partial charge in [0.15, 0.2) is 6.61 Å². The number of amides is 2. The average Bonchev–Trinajstić information content (AvgIpc) is 3.21. The summed E-state index contributed by atoms with van der Waals surface area (Å²) in [6, 6.07) is 8.14. The zero-order valence-electron chi connectivity index (χ0n) is 13.1. The number of imide groups is 1. The molecular weight excluding hydrogens is 334 g/mol. The smallest absolute Gasteiger partial charge is 0.417 e. The lowest BCUT2D eigenvalue weighted by molar-refractivity contribution is -0.126. The molecule has 0 saturated carbocycles. The van der Waals surface area contributed by atoms with Crippen LogP contribution in [0, 0.1) is 0 Å². The van der Waals surface area contributed by atoms with E-state index in [1.165, 1.54) is 4.31 Å². The lowest BCUT2D eigenvalue weighted by Gasteiger charge is -2.25. The zero-order chi connectivity index (χ0) is 17.2. The van der Waals surface area contributed by atoms with Crippen molar-refractivity contribution in [1.29, 1.82) is 0 Å². The standard InChI is InChI=1S/C15H19N3O5S/c19-14-11-23-15(20)18(14)10-13(12-6-2-1-3-7-12)16-24(21,22)17-8-4-5-9-17/h1-3,6-7,13,16H,4-5,8-11H2. The van der Waals surface area contributed by atoms with E-state index in [4.69, 9.17) is 4.74 Å². The van der Waals surface area contributed by atoms with E-state index >= 15 is 0 Å². The molecule has 0 aliphatic carbocycles. The van der Waals surface area contributed by atoms with Crippen LogP contribution in [0.3, 0.4) is 0 Å². The number of rotatable bonds is 6. The Bertz CT molecular complexity index is 700. The number of hydrogen-bond acceptors (Lipinski definition) is 5. The summed E-state index contributed by atoms with van der Waals surface area (Å²) in [5, 5.41) is 0. The Morgan fingerprint density at radius 3 is 2.38 bits per heavy atom. The molecule has 2 aliphatic rings. The average molecular weight is 353 g/mol. The molecular formula is C15H19N3O5S. The fraction of sp³-hybridized carbons (Fsp3) is 0.467. The van der Waals surface area contributed by atoms with Crippen molar-refractivity contribution in [3.8, 4) is 0 Å². The molecule has 2 heterocycles. The highest BCUT2D eigenvalue weighted by atomic mass is 32.2. The van der Waals surface area contributed by atoms with Gasteiger partial charge in [-0.1, -0.05) is 30.3 Å². The molecule has 24 heavy (non-hydrogen) atoms. The van der Waals surface area contributed by atoms with Gasteiger partial charge in [-0.3, -0.25) is 4.79 Å². The summed E-state index contributed by atoms with van der Waals surface area (Å²) in [6.45, 7) is 0.539. The number of nitrogens with one attached hydrogen (secondary N) is 1. The van der Waals surface area contributed by atoms with E-state index in [2.05, 4.69) is 4.72 Å². The Kier molecular flexibility index (Phi) is 4.83. The summed E-state index contributed by atoms with van der Waals surface area (Å²) in [5.41, 5.74) is 0.674. The molecule has 2 aliphatic heterocycles. The third-order valence-electron chi connectivity index (χ3n) is 4.10. The monoisotopic (exact) mass is 353 g/mol. The minimum absolute atomic E-state index is 0.102. The predicted molar refractivity (Wildman–Crippen MR) is 85.1 cm³/mol. The number of carbonyl (C=O) groups excluding carboxylic acids is 2. The van der Waals surface area contributed by atoms with Crippen molar-refractivity contribution in [1.82, 2.24) is 13.9 Å². The Balaban J connectivity index is 1.82. The van der Waals surface area contributed by atoms with Crippen LogP contribution in [0.4, 0.5) is 4.79 Å². The molecule has 1 unspecified atom stereocenters. The van der Waals surface area contributed by atoms with Crippen molar-refractivity contribution in [2.24, 2.45) is 0 Å². The van der Waals surface area contributed by atoms with Gasteiger partial charge in [0.2, 0.25) is 0 Å². The summed E-state index contributed by atoms with van der Waals surface area (Å²) in [6.07, 6.45) is 0.906. The van der Waals surface area contributed by atoms with Crippen LogP contribution in [0.5, 0.6) is 0 Å². The Morgan fingerprint density at radius 2 is 1.79 bits per heavy atom. The van der Waals surface area contributed by atoms with Crippen molar-refractivity contribution in [2.45, 2.75) is 18.9 Å². The second-order valence-electron chi connectivity index (χ2n) is 5.75. The van der Waals surface area contributed by atoms with Crippen LogP contribution < -0.4 is 4.72 Å². The van der Waals surface area contributed by atoms with Crippen LogP contribution in [0.1, 0.15) is 24.4 Å². The van der Waals surface area contributed by atoms with Crippen LogP contribution in [0.15, 0.2) is 30.3 Å². The van der Waals surface area contributed by atoms with Crippen LogP contribution in [-0.2, 0) is 19.7 Å². The lowest BCUT2D eigenvalue weighted by Crippen LogP contribution is -2.45. The number of ether oxygens (including phenoxy) is 1. The Hall–Kier alpha value is -1.97. The fourth-order valence-electron chi connectivity index (χ4n) is 2.82. The van der Waals surface area contributed by atoms with Gasteiger partial charge in [-0.25, -0.2) is 9.69 Å². The van der Waals surface area contributed by atoms with Crippen LogP contribution in [0.25, 0.3) is 0 Å². The van der Waals surface area contributed by atoms with Crippen LogP contribution in [0.2, 0.25) is 0 Å². The summed E-state index contributed by atoms with van der Waals surface area (Å²) >= 11 is 0. The van der Waals surface area contributed by atoms with E-state index in [1.54, 1.807) is 24.3 Å². The number of cyclic esters (lactones) is 1. The largest absolute Gasteiger partial charge is 0.439 e. The molecule has 1 atom stereocenters. The second kappa shape index (κ2) is 6.88. The third-order valence-corrected chi connectivity index (χ3v) is 5.73. The molecule has 3 rings (SSSR count). The Morgan fingerprint density at radius 1 is 1.12 bits per heavy atom. The number of carbonyl (C=O) groups is 2. The molecule has 2 amide bonds. The summed E-state index contributed by atoms with van der Waals surface area (Å²) in [7, 11) is -3.69. The first-order chi connectivity index (χ1) is 11.5. The molecule has 2 saturated heterocycles. The van der Waals surface area contributed by atoms with Gasteiger partial charge in [0.05, 0.1) is 12.6 Å². The van der Waals surface area contributed by atoms with Crippen LogP contribution in [-0.4, -0.2) is 55.9 Å². The molecule has 0 bridgehead atoms. The van der Waals surface area contributed by atoms with E-state index in [9.17, 15) is 18.0 Å². The maximum atomic E-state index is 12.5. The van der Waals surface area contributed by atoms with Gasteiger partial charge in [0.1, 0.15) is 0 Å². The summed E-state index contributed by atoms with van der Waals surface area (Å²) < 4.78 is 33.8. The predicted octanol–water partition coefficient (Wildman–Crippen LogP) is 0.637. The van der Waals surface area contributed by atoms with Gasteiger partial charge >= 0.3 is 6.09 Å². The molecule has 130 valence electrons. The maximum absolute atomic E-state index is 12.5. The van der Waals surface area contributed by atoms with Gasteiger partial charge in [-0.15, -0.1) is 0 Å². The van der Waals surface area contributed by atoms with Gasteiger partial charge in [0, 0.05) is 13.1 Å². The van der Waals surface area contributed by atoms with Crippen molar-refractivity contribution in [3.05, 3.63) is 35.9 Å². The Labute approximate surface area is 140 Å². The summed E-state index contributed by atoms with van der Waals surface area (Å²) in [4.78, 5) is 24.4. The molecule has 9 heteroatoms. The number of nitrogens with zero attached hydrogens (tertiary/aromatic N) is 2. The van der Waals surface area contributed by atoms with E-state index in [1.807, 2.05) is 6.07 Å². The first-order valence-electron chi connectivity index (χ1n) is 7.77. The first-order valence-corrected chi connectivity index (χ1v) is 9.21. The molecule has 0 radical (unpaired) electrons. The second-order valence-corrected chi connectivity index (χ2v) is 7.45. The minimum atomic E-state index is -3.69. The van der Waals surface area contributed by atoms with Crippen molar-refractivity contribution in [2.75, 3.05) is 26.2 Å². The highest BCUT2D eigenvalue weighted by Gasteiger charge is 2.35. The molecule has 0 aromatic heterocycles. The molecule has 8 nitrogen and oxygen atoms in total. The molecule has 0 spiro atoms. The number of benzene rings is 1. The van der Waals surface area contributed by atoms with E-state index in [0.29, 0.717) is 18.7 Å². The molecule has 2 fully saturated rings. The van der Waals surface area contributed by atoms with Gasteiger partial charge < -0.3 is 4.74 Å². The van der Waals surface area contributed by atoms with Crippen LogP contribution >= 0.6 is 0 Å². The highest BCUT2D eigenvalue weighted by Crippen LogP contribution is 2.20. The minimum Gasteiger partial charge on any atom is -0.439 e. The topological polar surface area (TPSA) is 96.0 Å². The maximum Gasteiger partial charge on any atom is 0.417 e. The van der Waals surface area contributed by atoms with Gasteiger partial charge in [0.25, 0.3) is 16.1 Å². The molecule has 1 N–H and O–H groups in total.